The van der Waals surface area contributed by atoms with Gasteiger partial charge in [-0.25, -0.2) is 9.18 Å². The van der Waals surface area contributed by atoms with Crippen LogP contribution in [0, 0.1) is 17.1 Å². The molecule has 0 bridgehead atoms. The van der Waals surface area contributed by atoms with Crippen molar-refractivity contribution in [3.63, 3.8) is 0 Å². The third-order valence-corrected chi connectivity index (χ3v) is 3.46. The number of fused-ring (bicyclic) bond motifs is 1. The van der Waals surface area contributed by atoms with E-state index in [1.165, 1.54) is 13.2 Å². The van der Waals surface area contributed by atoms with E-state index in [0.29, 0.717) is 4.90 Å². The Bertz CT molecular complexity index is 742. The number of amides is 1. The summed E-state index contributed by atoms with van der Waals surface area (Å²) in [6.45, 7) is 0. The molecular weight excluding hydrogens is 311 g/mol. The highest BCUT2D eigenvalue weighted by molar-refractivity contribution is 6.02. The van der Waals surface area contributed by atoms with Gasteiger partial charge in [0.1, 0.15) is 23.7 Å². The van der Waals surface area contributed by atoms with Crippen molar-refractivity contribution in [1.82, 2.24) is 4.90 Å². The molecule has 2 rings (SSSR count). The van der Waals surface area contributed by atoms with Gasteiger partial charge >= 0.3 is 11.9 Å². The molecule has 23 heavy (non-hydrogen) atoms. The van der Waals surface area contributed by atoms with E-state index in [0.717, 1.165) is 6.07 Å². The Hall–Kier alpha value is -3.15. The van der Waals surface area contributed by atoms with Gasteiger partial charge in [0.15, 0.2) is 0 Å². The van der Waals surface area contributed by atoms with E-state index in [2.05, 4.69) is 0 Å². The summed E-state index contributed by atoms with van der Waals surface area (Å²) < 4.78 is 19.0. The Labute approximate surface area is 129 Å². The Morgan fingerprint density at radius 2 is 2.13 bits per heavy atom. The first-order valence-corrected chi connectivity index (χ1v) is 6.36. The van der Waals surface area contributed by atoms with Gasteiger partial charge in [0, 0.05) is 11.6 Å². The van der Waals surface area contributed by atoms with Gasteiger partial charge in [0.25, 0.3) is 5.91 Å². The SMILES string of the molecule is COc1cc(F)c2c(c1)C(C#N)N(C(CC(=O)O)C(=O)O)C2=O. The zero-order valence-electron chi connectivity index (χ0n) is 11.8. The van der Waals surface area contributed by atoms with Gasteiger partial charge in [-0.1, -0.05) is 0 Å². The largest absolute Gasteiger partial charge is 0.497 e. The number of benzene rings is 1. The first-order valence-electron chi connectivity index (χ1n) is 6.36. The summed E-state index contributed by atoms with van der Waals surface area (Å²) >= 11 is 0. The maximum Gasteiger partial charge on any atom is 0.327 e. The maximum atomic E-state index is 14.1. The van der Waals surface area contributed by atoms with E-state index in [1.54, 1.807) is 6.07 Å². The fourth-order valence-electron chi connectivity index (χ4n) is 2.48. The summed E-state index contributed by atoms with van der Waals surface area (Å²) in [7, 11) is 1.27. The van der Waals surface area contributed by atoms with Crippen LogP contribution in [0.2, 0.25) is 0 Å². The van der Waals surface area contributed by atoms with Gasteiger partial charge in [0.05, 0.1) is 25.2 Å². The van der Waals surface area contributed by atoms with E-state index < -0.39 is 47.7 Å². The summed E-state index contributed by atoms with van der Waals surface area (Å²) in [6.07, 6.45) is -0.911. The van der Waals surface area contributed by atoms with Gasteiger partial charge < -0.3 is 19.8 Å². The molecule has 0 aromatic heterocycles. The van der Waals surface area contributed by atoms with Gasteiger partial charge in [-0.2, -0.15) is 5.26 Å². The molecule has 1 heterocycles. The minimum Gasteiger partial charge on any atom is -0.497 e. The summed E-state index contributed by atoms with van der Waals surface area (Å²) in [5.74, 6) is -5.01. The van der Waals surface area contributed by atoms with Crippen LogP contribution in [-0.4, -0.2) is 46.1 Å². The van der Waals surface area contributed by atoms with Gasteiger partial charge in [0.2, 0.25) is 0 Å². The second-order valence-electron chi connectivity index (χ2n) is 4.77. The Morgan fingerprint density at radius 3 is 2.61 bits per heavy atom. The van der Waals surface area contributed by atoms with Crippen molar-refractivity contribution in [2.45, 2.75) is 18.5 Å². The van der Waals surface area contributed by atoms with E-state index in [-0.39, 0.29) is 11.3 Å². The van der Waals surface area contributed by atoms with Crippen molar-refractivity contribution in [2.75, 3.05) is 7.11 Å². The number of nitriles is 1. The second-order valence-corrected chi connectivity index (χ2v) is 4.77. The zero-order valence-corrected chi connectivity index (χ0v) is 11.8. The number of rotatable bonds is 5. The Morgan fingerprint density at radius 1 is 1.48 bits per heavy atom. The lowest BCUT2D eigenvalue weighted by molar-refractivity contribution is -0.149. The lowest BCUT2D eigenvalue weighted by Crippen LogP contribution is -2.44. The number of carbonyl (C=O) groups is 3. The number of halogens is 1. The van der Waals surface area contributed by atoms with Crippen LogP contribution in [0.4, 0.5) is 4.39 Å². The van der Waals surface area contributed by atoms with Crippen molar-refractivity contribution >= 4 is 17.8 Å². The first-order chi connectivity index (χ1) is 10.8. The molecule has 0 fully saturated rings. The topological polar surface area (TPSA) is 128 Å². The van der Waals surface area contributed by atoms with Crippen molar-refractivity contribution in [1.29, 1.82) is 5.26 Å². The van der Waals surface area contributed by atoms with Crippen LogP contribution in [-0.2, 0) is 9.59 Å². The number of hydrogen-bond acceptors (Lipinski definition) is 5. The van der Waals surface area contributed by atoms with Gasteiger partial charge in [-0.3, -0.25) is 9.59 Å². The van der Waals surface area contributed by atoms with Crippen LogP contribution >= 0.6 is 0 Å². The van der Waals surface area contributed by atoms with Crippen LogP contribution in [0.1, 0.15) is 28.4 Å². The number of nitrogens with zero attached hydrogens (tertiary/aromatic N) is 2. The lowest BCUT2D eigenvalue weighted by atomic mass is 10.0. The standard InChI is InChI=1S/C14H11FN2O6/c1-23-6-2-7-10(5-16)17(9(14(21)22)4-11(18)19)13(20)12(7)8(15)3-6/h2-3,9-10H,4H2,1H3,(H,18,19)(H,21,22). The molecule has 0 radical (unpaired) electrons. The number of carboxylic acid groups (broad SMARTS) is 2. The van der Waals surface area contributed by atoms with Crippen molar-refractivity contribution in [2.24, 2.45) is 0 Å². The number of methoxy groups -OCH3 is 1. The zero-order chi connectivity index (χ0) is 17.3. The van der Waals surface area contributed by atoms with Crippen LogP contribution in [0.15, 0.2) is 12.1 Å². The van der Waals surface area contributed by atoms with Crippen LogP contribution in [0.5, 0.6) is 5.75 Å². The van der Waals surface area contributed by atoms with Crippen molar-refractivity contribution in [3.05, 3.63) is 29.1 Å². The van der Waals surface area contributed by atoms with Crippen LogP contribution in [0.25, 0.3) is 0 Å². The van der Waals surface area contributed by atoms with Gasteiger partial charge in [-0.05, 0) is 6.07 Å². The molecule has 2 atom stereocenters. The Balaban J connectivity index is 2.58. The smallest absolute Gasteiger partial charge is 0.327 e. The normalized spacial score (nSPS) is 17.3. The van der Waals surface area contributed by atoms with Gasteiger partial charge in [-0.15, -0.1) is 0 Å². The fraction of sp³-hybridized carbons (Fsp3) is 0.286. The highest BCUT2D eigenvalue weighted by Crippen LogP contribution is 2.39. The molecule has 2 unspecified atom stereocenters. The number of carbonyl (C=O) groups excluding carboxylic acids is 1. The molecule has 1 aromatic carbocycles. The quantitative estimate of drug-likeness (QED) is 0.819. The summed E-state index contributed by atoms with van der Waals surface area (Å²) in [5, 5.41) is 27.3. The minimum absolute atomic E-state index is 0.0500. The van der Waals surface area contributed by atoms with Crippen molar-refractivity contribution in [3.8, 4) is 11.8 Å². The summed E-state index contributed by atoms with van der Waals surface area (Å²) in [6, 6.07) is 0.697. The van der Waals surface area contributed by atoms with E-state index in [1.807, 2.05) is 0 Å². The molecule has 8 nitrogen and oxygen atoms in total. The molecule has 0 spiro atoms. The van der Waals surface area contributed by atoms with E-state index in [4.69, 9.17) is 9.84 Å². The monoisotopic (exact) mass is 322 g/mol. The van der Waals surface area contributed by atoms with Crippen LogP contribution < -0.4 is 4.74 Å². The molecular formula is C14H11FN2O6. The number of hydrogen-bond donors (Lipinski definition) is 2. The molecule has 2 N–H and O–H groups in total. The maximum absolute atomic E-state index is 14.1. The predicted molar refractivity (Wildman–Crippen MR) is 71.2 cm³/mol. The van der Waals surface area contributed by atoms with Crippen LogP contribution in [0.3, 0.4) is 0 Å². The Kier molecular flexibility index (Phi) is 4.18. The molecule has 0 aliphatic carbocycles. The van der Waals surface area contributed by atoms with Crippen molar-refractivity contribution < 1.29 is 33.7 Å². The molecule has 1 aromatic rings. The molecule has 9 heteroatoms. The average Bonchev–Trinajstić information content (AvgIpc) is 2.76. The summed E-state index contributed by atoms with van der Waals surface area (Å²) in [4.78, 5) is 35.1. The number of aliphatic carboxylic acids is 2. The predicted octanol–water partition coefficient (Wildman–Crippen LogP) is 0.783. The number of carboxylic acids is 2. The van der Waals surface area contributed by atoms with E-state index in [9.17, 15) is 29.1 Å². The minimum atomic E-state index is -1.79. The molecule has 1 amide bonds. The summed E-state index contributed by atoms with van der Waals surface area (Å²) in [5.41, 5.74) is -0.500. The second kappa shape index (κ2) is 5.92. The highest BCUT2D eigenvalue weighted by atomic mass is 19.1. The third kappa shape index (κ3) is 2.66. The first kappa shape index (κ1) is 16.2. The number of ether oxygens (including phenoxy) is 1. The highest BCUT2D eigenvalue weighted by Gasteiger charge is 2.46. The lowest BCUT2D eigenvalue weighted by Gasteiger charge is -2.26. The molecule has 1 aliphatic heterocycles. The molecule has 0 saturated carbocycles. The fourth-order valence-corrected chi connectivity index (χ4v) is 2.48. The average molecular weight is 322 g/mol. The molecule has 0 saturated heterocycles. The molecule has 120 valence electrons. The third-order valence-electron chi connectivity index (χ3n) is 3.46. The van der Waals surface area contributed by atoms with E-state index >= 15 is 0 Å². The molecule has 1 aliphatic rings.